The molecule has 0 unspecified atom stereocenters. The van der Waals surface area contributed by atoms with Crippen molar-refractivity contribution < 1.29 is 9.53 Å². The summed E-state index contributed by atoms with van der Waals surface area (Å²) < 4.78 is 5.64. The predicted octanol–water partition coefficient (Wildman–Crippen LogP) is 4.10. The average Bonchev–Trinajstić information content (AvgIpc) is 2.92. The van der Waals surface area contributed by atoms with Crippen molar-refractivity contribution in [2.24, 2.45) is 0 Å². The molecule has 0 atom stereocenters. The number of anilines is 2. The molecule has 2 heterocycles. The van der Waals surface area contributed by atoms with Gasteiger partial charge in [-0.2, -0.15) is 0 Å². The molecule has 0 saturated carbocycles. The van der Waals surface area contributed by atoms with E-state index in [-0.39, 0.29) is 12.5 Å². The maximum absolute atomic E-state index is 12.1. The molecule has 1 saturated heterocycles. The smallest absolute Gasteiger partial charge is 0.263 e. The molecule has 1 aliphatic heterocycles. The third kappa shape index (κ3) is 4.97. The molecule has 1 aliphatic rings. The van der Waals surface area contributed by atoms with Crippen molar-refractivity contribution in [3.8, 4) is 5.75 Å². The lowest BCUT2D eigenvalue weighted by molar-refractivity contribution is -0.118. The van der Waals surface area contributed by atoms with Crippen LogP contribution in [0, 0.1) is 13.8 Å². The van der Waals surface area contributed by atoms with Crippen molar-refractivity contribution in [1.29, 1.82) is 0 Å². The van der Waals surface area contributed by atoms with Crippen LogP contribution >= 0.6 is 0 Å². The number of amides is 1. The zero-order valence-electron chi connectivity index (χ0n) is 15.6. The zero-order valence-corrected chi connectivity index (χ0v) is 15.6. The van der Waals surface area contributed by atoms with E-state index in [1.165, 1.54) is 25.7 Å². The molecule has 0 aliphatic carbocycles. The van der Waals surface area contributed by atoms with E-state index < -0.39 is 0 Å². The van der Waals surface area contributed by atoms with Gasteiger partial charge in [-0.25, -0.2) is 4.98 Å². The highest BCUT2D eigenvalue weighted by atomic mass is 16.5. The van der Waals surface area contributed by atoms with Crippen LogP contribution in [-0.4, -0.2) is 30.6 Å². The van der Waals surface area contributed by atoms with Gasteiger partial charge in [-0.05, 0) is 56.0 Å². The first-order valence-electron chi connectivity index (χ1n) is 9.33. The molecular weight excluding hydrogens is 326 g/mol. The Labute approximate surface area is 155 Å². The summed E-state index contributed by atoms with van der Waals surface area (Å²) in [5.74, 6) is 1.09. The van der Waals surface area contributed by atoms with Gasteiger partial charge in [0.05, 0.1) is 11.9 Å². The molecule has 5 nitrogen and oxygen atoms in total. The summed E-state index contributed by atoms with van der Waals surface area (Å²) in [7, 11) is 0. The quantitative estimate of drug-likeness (QED) is 0.879. The van der Waals surface area contributed by atoms with Crippen LogP contribution in [-0.2, 0) is 4.79 Å². The van der Waals surface area contributed by atoms with E-state index in [4.69, 9.17) is 4.74 Å². The fraction of sp³-hybridized carbons (Fsp3) is 0.429. The number of carbonyl (C=O) groups excluding carboxylic acids is 1. The summed E-state index contributed by atoms with van der Waals surface area (Å²) >= 11 is 0. The SMILES string of the molecule is Cc1ccc(C)c(OCC(=O)Nc2ccc(N3CCCCCC3)cn2)c1. The number of aromatic nitrogens is 1. The predicted molar refractivity (Wildman–Crippen MR) is 105 cm³/mol. The van der Waals surface area contributed by atoms with Gasteiger partial charge < -0.3 is 15.0 Å². The first-order valence-corrected chi connectivity index (χ1v) is 9.33. The molecule has 0 spiro atoms. The van der Waals surface area contributed by atoms with Crippen LogP contribution in [0.1, 0.15) is 36.8 Å². The van der Waals surface area contributed by atoms with E-state index in [1.54, 1.807) is 0 Å². The topological polar surface area (TPSA) is 54.5 Å². The van der Waals surface area contributed by atoms with Gasteiger partial charge in [0.1, 0.15) is 11.6 Å². The number of nitrogens with zero attached hydrogens (tertiary/aromatic N) is 2. The van der Waals surface area contributed by atoms with Gasteiger partial charge in [0, 0.05) is 13.1 Å². The number of nitrogens with one attached hydrogen (secondary N) is 1. The Morgan fingerprint density at radius 1 is 1.12 bits per heavy atom. The van der Waals surface area contributed by atoms with Crippen LogP contribution in [0.15, 0.2) is 36.5 Å². The molecule has 5 heteroatoms. The number of rotatable bonds is 5. The van der Waals surface area contributed by atoms with Crippen LogP contribution in [0.4, 0.5) is 11.5 Å². The fourth-order valence-corrected chi connectivity index (χ4v) is 3.16. The lowest BCUT2D eigenvalue weighted by atomic mass is 10.1. The summed E-state index contributed by atoms with van der Waals surface area (Å²) in [6.07, 6.45) is 6.91. The lowest BCUT2D eigenvalue weighted by Crippen LogP contribution is -2.24. The minimum absolute atomic E-state index is 0.0279. The molecule has 138 valence electrons. The maximum atomic E-state index is 12.1. The van der Waals surface area contributed by atoms with Gasteiger partial charge in [-0.1, -0.05) is 25.0 Å². The number of hydrogen-bond acceptors (Lipinski definition) is 4. The van der Waals surface area contributed by atoms with E-state index in [9.17, 15) is 4.79 Å². The largest absolute Gasteiger partial charge is 0.483 e. The Hall–Kier alpha value is -2.56. The van der Waals surface area contributed by atoms with E-state index in [2.05, 4.69) is 15.2 Å². The van der Waals surface area contributed by atoms with Crippen molar-refractivity contribution >= 4 is 17.4 Å². The number of ether oxygens (including phenoxy) is 1. The molecule has 1 fully saturated rings. The van der Waals surface area contributed by atoms with Crippen molar-refractivity contribution in [3.05, 3.63) is 47.7 Å². The Bertz CT molecular complexity index is 735. The molecule has 2 aromatic rings. The molecule has 26 heavy (non-hydrogen) atoms. The molecule has 1 aromatic heterocycles. The van der Waals surface area contributed by atoms with E-state index in [1.807, 2.05) is 50.4 Å². The average molecular weight is 353 g/mol. The number of pyridine rings is 1. The first-order chi connectivity index (χ1) is 12.6. The van der Waals surface area contributed by atoms with Gasteiger partial charge >= 0.3 is 0 Å². The van der Waals surface area contributed by atoms with Gasteiger partial charge in [0.15, 0.2) is 6.61 Å². The molecular formula is C21H27N3O2. The Morgan fingerprint density at radius 3 is 2.58 bits per heavy atom. The van der Waals surface area contributed by atoms with E-state index in [0.29, 0.717) is 5.82 Å². The van der Waals surface area contributed by atoms with Crippen LogP contribution in [0.2, 0.25) is 0 Å². The lowest BCUT2D eigenvalue weighted by Gasteiger charge is -2.22. The summed E-state index contributed by atoms with van der Waals surface area (Å²) in [6, 6.07) is 9.84. The van der Waals surface area contributed by atoms with Gasteiger partial charge in [0.25, 0.3) is 5.91 Å². The molecule has 3 rings (SSSR count). The standard InChI is InChI=1S/C21H27N3O2/c1-16-7-8-17(2)19(13-16)26-15-21(25)23-20-10-9-18(14-22-20)24-11-5-3-4-6-12-24/h7-10,13-14H,3-6,11-12,15H2,1-2H3,(H,22,23,25). The highest BCUT2D eigenvalue weighted by Gasteiger charge is 2.11. The fourth-order valence-electron chi connectivity index (χ4n) is 3.16. The molecule has 1 N–H and O–H groups in total. The zero-order chi connectivity index (χ0) is 18.4. The van der Waals surface area contributed by atoms with Crippen LogP contribution < -0.4 is 15.0 Å². The van der Waals surface area contributed by atoms with Crippen LogP contribution in [0.5, 0.6) is 5.75 Å². The summed E-state index contributed by atoms with van der Waals surface area (Å²) in [5, 5.41) is 2.80. The number of hydrogen-bond donors (Lipinski definition) is 1. The minimum Gasteiger partial charge on any atom is -0.483 e. The maximum Gasteiger partial charge on any atom is 0.263 e. The molecule has 0 radical (unpaired) electrons. The second kappa shape index (κ2) is 8.70. The highest BCUT2D eigenvalue weighted by molar-refractivity contribution is 5.91. The summed E-state index contributed by atoms with van der Waals surface area (Å²) in [4.78, 5) is 18.9. The number of benzene rings is 1. The van der Waals surface area contributed by atoms with Crippen LogP contribution in [0.3, 0.4) is 0 Å². The van der Waals surface area contributed by atoms with Gasteiger partial charge in [-0.3, -0.25) is 4.79 Å². The Morgan fingerprint density at radius 2 is 1.88 bits per heavy atom. The van der Waals surface area contributed by atoms with E-state index >= 15 is 0 Å². The van der Waals surface area contributed by atoms with Crippen molar-refractivity contribution in [1.82, 2.24) is 4.98 Å². The van der Waals surface area contributed by atoms with Crippen molar-refractivity contribution in [2.45, 2.75) is 39.5 Å². The third-order valence-electron chi connectivity index (χ3n) is 4.69. The van der Waals surface area contributed by atoms with Crippen molar-refractivity contribution in [3.63, 3.8) is 0 Å². The monoisotopic (exact) mass is 353 g/mol. The third-order valence-corrected chi connectivity index (χ3v) is 4.69. The second-order valence-corrected chi connectivity index (χ2v) is 6.91. The normalized spacial score (nSPS) is 14.6. The highest BCUT2D eigenvalue weighted by Crippen LogP contribution is 2.21. The van der Waals surface area contributed by atoms with Gasteiger partial charge in [-0.15, -0.1) is 0 Å². The molecule has 1 aromatic carbocycles. The summed E-state index contributed by atoms with van der Waals surface area (Å²) in [5.41, 5.74) is 3.25. The second-order valence-electron chi connectivity index (χ2n) is 6.91. The van der Waals surface area contributed by atoms with Crippen molar-refractivity contribution in [2.75, 3.05) is 29.9 Å². The Balaban J connectivity index is 1.53. The molecule has 0 bridgehead atoms. The first kappa shape index (κ1) is 18.2. The van der Waals surface area contributed by atoms with E-state index in [0.717, 1.165) is 35.7 Å². The number of carbonyl (C=O) groups is 1. The number of aryl methyl sites for hydroxylation is 2. The Kier molecular flexibility index (Phi) is 6.10. The summed E-state index contributed by atoms with van der Waals surface area (Å²) in [6.45, 7) is 6.10. The van der Waals surface area contributed by atoms with Gasteiger partial charge in [0.2, 0.25) is 0 Å². The van der Waals surface area contributed by atoms with Crippen LogP contribution in [0.25, 0.3) is 0 Å². The minimum atomic E-state index is -0.207. The molecule has 1 amide bonds.